The van der Waals surface area contributed by atoms with Gasteiger partial charge in [-0.15, -0.1) is 0 Å². The Morgan fingerprint density at radius 1 is 1.03 bits per heavy atom. The molecule has 0 spiro atoms. The highest BCUT2D eigenvalue weighted by molar-refractivity contribution is 7.08. The fraction of sp³-hybridized carbons (Fsp3) is 0.375. The number of thiophene rings is 1. The minimum atomic E-state index is 0.275. The Hall–Kier alpha value is -2.97. The van der Waals surface area contributed by atoms with Gasteiger partial charge in [-0.25, -0.2) is 4.98 Å². The van der Waals surface area contributed by atoms with Crippen molar-refractivity contribution in [2.24, 2.45) is 5.73 Å². The third-order valence-electron chi connectivity index (χ3n) is 6.19. The number of nitrogens with one attached hydrogen (secondary N) is 1. The van der Waals surface area contributed by atoms with Crippen LogP contribution in [0.15, 0.2) is 41.1 Å². The Balaban J connectivity index is 1.43. The van der Waals surface area contributed by atoms with Crippen LogP contribution in [0.2, 0.25) is 0 Å². The van der Waals surface area contributed by atoms with Crippen molar-refractivity contribution in [3.63, 3.8) is 0 Å². The van der Waals surface area contributed by atoms with Crippen LogP contribution in [0, 0.1) is 0 Å². The number of nitrogens with two attached hydrogens (primary N) is 2. The van der Waals surface area contributed by atoms with Gasteiger partial charge < -0.3 is 21.4 Å². The average molecular weight is 448 g/mol. The van der Waals surface area contributed by atoms with Crippen LogP contribution < -0.4 is 16.8 Å². The van der Waals surface area contributed by atoms with Gasteiger partial charge in [0, 0.05) is 19.0 Å². The molecule has 5 N–H and O–H groups in total. The lowest BCUT2D eigenvalue weighted by atomic mass is 10.1. The van der Waals surface area contributed by atoms with Crippen molar-refractivity contribution in [1.82, 2.24) is 19.5 Å². The van der Waals surface area contributed by atoms with Gasteiger partial charge in [0.05, 0.1) is 0 Å². The molecule has 3 heterocycles. The number of aryl methyl sites for hydroxylation is 1. The molecular weight excluding hydrogens is 418 g/mol. The largest absolute Gasteiger partial charge is 0.368 e. The van der Waals surface area contributed by atoms with E-state index in [1.54, 1.807) is 11.3 Å². The van der Waals surface area contributed by atoms with Gasteiger partial charge in [-0.3, -0.25) is 0 Å². The Labute approximate surface area is 191 Å². The van der Waals surface area contributed by atoms with Gasteiger partial charge in [-0.2, -0.15) is 21.3 Å². The van der Waals surface area contributed by atoms with Crippen molar-refractivity contribution in [2.75, 3.05) is 17.6 Å². The second kappa shape index (κ2) is 9.26. The summed E-state index contributed by atoms with van der Waals surface area (Å²) in [5.74, 6) is 2.01. The highest BCUT2D eigenvalue weighted by Gasteiger charge is 2.25. The molecule has 166 valence electrons. The molecule has 7 nitrogen and oxygen atoms in total. The highest BCUT2D eigenvalue weighted by Crippen LogP contribution is 2.35. The molecule has 0 bridgehead atoms. The monoisotopic (exact) mass is 447 g/mol. The summed E-state index contributed by atoms with van der Waals surface area (Å²) in [6.45, 7) is 1.29. The lowest BCUT2D eigenvalue weighted by Gasteiger charge is -2.16. The topological polar surface area (TPSA) is 108 Å². The third kappa shape index (κ3) is 4.20. The first-order chi connectivity index (χ1) is 15.7. The van der Waals surface area contributed by atoms with Crippen molar-refractivity contribution < 1.29 is 0 Å². The van der Waals surface area contributed by atoms with Crippen LogP contribution in [0.3, 0.4) is 0 Å². The molecule has 0 unspecified atom stereocenters. The molecule has 3 aromatic heterocycles. The van der Waals surface area contributed by atoms with E-state index in [2.05, 4.69) is 60.9 Å². The smallest absolute Gasteiger partial charge is 0.224 e. The summed E-state index contributed by atoms with van der Waals surface area (Å²) in [5, 5.41) is 7.72. The maximum atomic E-state index is 6.12. The zero-order valence-electron chi connectivity index (χ0n) is 18.1. The van der Waals surface area contributed by atoms with E-state index in [-0.39, 0.29) is 5.95 Å². The Kier molecular flexibility index (Phi) is 6.05. The summed E-state index contributed by atoms with van der Waals surface area (Å²) in [6.07, 6.45) is 6.54. The van der Waals surface area contributed by atoms with E-state index in [1.165, 1.54) is 29.5 Å². The molecule has 8 heteroatoms. The predicted molar refractivity (Wildman–Crippen MR) is 132 cm³/mol. The molecule has 1 saturated carbocycles. The van der Waals surface area contributed by atoms with Crippen LogP contribution in [-0.4, -0.2) is 26.1 Å². The van der Waals surface area contributed by atoms with Crippen molar-refractivity contribution in [3.8, 4) is 11.1 Å². The van der Waals surface area contributed by atoms with Gasteiger partial charge in [0.25, 0.3) is 0 Å². The molecule has 32 heavy (non-hydrogen) atoms. The number of hydrogen-bond acceptors (Lipinski definition) is 7. The SMILES string of the molecule is NCCCc1nc2c(NCc3ccc(-c4ccsc4)cc3)nc(N)nc2n1C1CCCC1. The molecule has 0 aliphatic heterocycles. The van der Waals surface area contributed by atoms with E-state index < -0.39 is 0 Å². The molecule has 1 aliphatic rings. The average Bonchev–Trinajstić information content (AvgIpc) is 3.57. The third-order valence-corrected chi connectivity index (χ3v) is 6.88. The second-order valence-corrected chi connectivity index (χ2v) is 9.17. The van der Waals surface area contributed by atoms with Crippen molar-refractivity contribution in [1.29, 1.82) is 0 Å². The van der Waals surface area contributed by atoms with Gasteiger partial charge in [0.1, 0.15) is 5.82 Å². The predicted octanol–water partition coefficient (Wildman–Crippen LogP) is 4.76. The normalized spacial score (nSPS) is 14.4. The van der Waals surface area contributed by atoms with Crippen molar-refractivity contribution in [2.45, 2.75) is 51.1 Å². The van der Waals surface area contributed by atoms with E-state index in [9.17, 15) is 0 Å². The molecule has 1 fully saturated rings. The Morgan fingerprint density at radius 3 is 2.56 bits per heavy atom. The number of hydrogen-bond donors (Lipinski definition) is 3. The van der Waals surface area contributed by atoms with E-state index in [4.69, 9.17) is 16.5 Å². The number of aromatic nitrogens is 4. The number of anilines is 2. The summed E-state index contributed by atoms with van der Waals surface area (Å²) in [5.41, 5.74) is 17.2. The van der Waals surface area contributed by atoms with Gasteiger partial charge in [0.15, 0.2) is 17.0 Å². The number of imidazole rings is 1. The molecule has 4 aromatic rings. The maximum absolute atomic E-state index is 6.12. The minimum Gasteiger partial charge on any atom is -0.368 e. The fourth-order valence-electron chi connectivity index (χ4n) is 4.57. The van der Waals surface area contributed by atoms with E-state index >= 15 is 0 Å². The summed E-state index contributed by atoms with van der Waals surface area (Å²) >= 11 is 1.71. The zero-order valence-corrected chi connectivity index (χ0v) is 18.9. The minimum absolute atomic E-state index is 0.275. The first kappa shape index (κ1) is 20.9. The molecular formula is C24H29N7S. The fourth-order valence-corrected chi connectivity index (χ4v) is 5.24. The molecule has 5 rings (SSSR count). The van der Waals surface area contributed by atoms with Gasteiger partial charge in [-0.1, -0.05) is 37.1 Å². The molecule has 0 amide bonds. The van der Waals surface area contributed by atoms with Crippen molar-refractivity contribution in [3.05, 3.63) is 52.5 Å². The summed E-state index contributed by atoms with van der Waals surface area (Å²) in [6, 6.07) is 11.2. The Morgan fingerprint density at radius 2 is 1.84 bits per heavy atom. The first-order valence-corrected chi connectivity index (χ1v) is 12.3. The lowest BCUT2D eigenvalue weighted by molar-refractivity contribution is 0.504. The molecule has 0 saturated heterocycles. The van der Waals surface area contributed by atoms with E-state index in [0.717, 1.165) is 42.7 Å². The summed E-state index contributed by atoms with van der Waals surface area (Å²) in [4.78, 5) is 14.1. The highest BCUT2D eigenvalue weighted by atomic mass is 32.1. The molecule has 0 radical (unpaired) electrons. The standard InChI is InChI=1S/C24H29N7S/c25-12-3-6-20-28-21-22(29-24(26)30-23(21)31(20)19-4-1-2-5-19)27-14-16-7-9-17(10-8-16)18-11-13-32-15-18/h7-11,13,15,19H,1-6,12,14,25H2,(H3,26,27,29,30). The van der Waals surface area contributed by atoms with Gasteiger partial charge in [-0.05, 0) is 59.3 Å². The number of nitrogen functional groups attached to an aromatic ring is 1. The summed E-state index contributed by atoms with van der Waals surface area (Å²) < 4.78 is 2.30. The molecule has 1 aliphatic carbocycles. The van der Waals surface area contributed by atoms with Gasteiger partial charge >= 0.3 is 0 Å². The van der Waals surface area contributed by atoms with Crippen LogP contribution in [0.4, 0.5) is 11.8 Å². The molecule has 1 aromatic carbocycles. The van der Waals surface area contributed by atoms with Crippen LogP contribution in [-0.2, 0) is 13.0 Å². The van der Waals surface area contributed by atoms with E-state index in [1.807, 2.05) is 0 Å². The second-order valence-electron chi connectivity index (χ2n) is 8.39. The number of rotatable bonds is 8. The number of nitrogens with zero attached hydrogens (tertiary/aromatic N) is 4. The summed E-state index contributed by atoms with van der Waals surface area (Å²) in [7, 11) is 0. The first-order valence-electron chi connectivity index (χ1n) is 11.3. The quantitative estimate of drug-likeness (QED) is 0.360. The van der Waals surface area contributed by atoms with Crippen molar-refractivity contribution >= 4 is 34.3 Å². The van der Waals surface area contributed by atoms with Gasteiger partial charge in [0.2, 0.25) is 5.95 Å². The van der Waals surface area contributed by atoms with Crippen LogP contribution in [0.5, 0.6) is 0 Å². The Bertz CT molecular complexity index is 1180. The van der Waals surface area contributed by atoms with E-state index in [0.29, 0.717) is 24.9 Å². The number of fused-ring (bicyclic) bond motifs is 1. The van der Waals surface area contributed by atoms with Crippen LogP contribution in [0.25, 0.3) is 22.3 Å². The number of benzene rings is 1. The van der Waals surface area contributed by atoms with Crippen LogP contribution in [0.1, 0.15) is 49.5 Å². The maximum Gasteiger partial charge on any atom is 0.224 e. The zero-order chi connectivity index (χ0) is 21.9. The molecule has 0 atom stereocenters. The van der Waals surface area contributed by atoms with Crippen LogP contribution >= 0.6 is 11.3 Å². The lowest BCUT2D eigenvalue weighted by Crippen LogP contribution is -2.12.